The molecule has 0 atom stereocenters. The first-order valence-corrected chi connectivity index (χ1v) is 6.21. The average Bonchev–Trinajstić information content (AvgIpc) is 2.36. The van der Waals surface area contributed by atoms with E-state index < -0.39 is 10.9 Å². The lowest BCUT2D eigenvalue weighted by molar-refractivity contribution is -0.385. The van der Waals surface area contributed by atoms with Crippen molar-refractivity contribution in [3.05, 3.63) is 39.9 Å². The second-order valence-corrected chi connectivity index (χ2v) is 4.31. The molecule has 0 unspecified atom stereocenters. The van der Waals surface area contributed by atoms with Crippen LogP contribution in [0.4, 0.5) is 5.69 Å². The first-order chi connectivity index (χ1) is 9.04. The van der Waals surface area contributed by atoms with Gasteiger partial charge in [-0.15, -0.1) is 0 Å². The van der Waals surface area contributed by atoms with E-state index in [4.69, 9.17) is 5.11 Å². The molecule has 1 aromatic rings. The third kappa shape index (κ3) is 5.05. The predicted molar refractivity (Wildman–Crippen MR) is 71.2 cm³/mol. The molecule has 104 valence electrons. The summed E-state index contributed by atoms with van der Waals surface area (Å²) in [6.07, 6.45) is 1.33. The number of carboxylic acids is 1. The molecule has 0 spiro atoms. The van der Waals surface area contributed by atoms with Gasteiger partial charge in [0, 0.05) is 18.2 Å². The van der Waals surface area contributed by atoms with Gasteiger partial charge in [0.1, 0.15) is 0 Å². The number of nitro groups is 1. The van der Waals surface area contributed by atoms with Gasteiger partial charge in [0.05, 0.1) is 11.5 Å². The maximum absolute atomic E-state index is 10.9. The number of nitrogens with zero attached hydrogens (tertiary/aromatic N) is 2. The maximum Gasteiger partial charge on any atom is 0.317 e. The molecule has 1 rings (SSSR count). The highest BCUT2D eigenvalue weighted by molar-refractivity contribution is 5.69. The Morgan fingerprint density at radius 1 is 1.37 bits per heavy atom. The van der Waals surface area contributed by atoms with Crippen LogP contribution in [0, 0.1) is 10.1 Å². The van der Waals surface area contributed by atoms with Gasteiger partial charge in [-0.3, -0.25) is 19.8 Å². The minimum Gasteiger partial charge on any atom is -0.480 e. The van der Waals surface area contributed by atoms with E-state index in [0.29, 0.717) is 25.1 Å². The summed E-state index contributed by atoms with van der Waals surface area (Å²) >= 11 is 0. The number of para-hydroxylation sites is 1. The molecule has 0 fully saturated rings. The van der Waals surface area contributed by atoms with Gasteiger partial charge in [0.25, 0.3) is 5.69 Å². The Morgan fingerprint density at radius 3 is 2.63 bits per heavy atom. The fourth-order valence-corrected chi connectivity index (χ4v) is 1.96. The standard InChI is InChI=1S/C13H18N2O4/c1-2-8-14(10-13(16)17)9-7-11-5-3-4-6-12(11)15(18)19/h3-6H,2,7-10H2,1H3,(H,16,17). The van der Waals surface area contributed by atoms with Crippen molar-refractivity contribution in [2.75, 3.05) is 19.6 Å². The number of aliphatic carboxylic acids is 1. The van der Waals surface area contributed by atoms with Gasteiger partial charge in [0.15, 0.2) is 0 Å². The van der Waals surface area contributed by atoms with Crippen LogP contribution < -0.4 is 0 Å². The van der Waals surface area contributed by atoms with Crippen LogP contribution in [-0.2, 0) is 11.2 Å². The Bertz CT molecular complexity index is 448. The SMILES string of the molecule is CCCN(CCc1ccccc1[N+](=O)[O-])CC(=O)O. The Kier molecular flexibility index (Phi) is 5.95. The molecule has 1 N–H and O–H groups in total. The summed E-state index contributed by atoms with van der Waals surface area (Å²) in [5.74, 6) is -0.879. The lowest BCUT2D eigenvalue weighted by Crippen LogP contribution is -2.32. The Balaban J connectivity index is 2.68. The normalized spacial score (nSPS) is 10.6. The first kappa shape index (κ1) is 15.1. The van der Waals surface area contributed by atoms with Gasteiger partial charge in [-0.25, -0.2) is 0 Å². The summed E-state index contributed by atoms with van der Waals surface area (Å²) in [6.45, 7) is 3.12. The quantitative estimate of drug-likeness (QED) is 0.574. The van der Waals surface area contributed by atoms with Crippen LogP contribution in [0.25, 0.3) is 0 Å². The minimum atomic E-state index is -0.879. The van der Waals surface area contributed by atoms with Crippen LogP contribution in [-0.4, -0.2) is 40.5 Å². The van der Waals surface area contributed by atoms with Crippen molar-refractivity contribution in [1.29, 1.82) is 0 Å². The first-order valence-electron chi connectivity index (χ1n) is 6.21. The number of nitro benzene ring substituents is 1. The molecule has 0 heterocycles. The fraction of sp³-hybridized carbons (Fsp3) is 0.462. The van der Waals surface area contributed by atoms with Crippen molar-refractivity contribution in [2.24, 2.45) is 0 Å². The van der Waals surface area contributed by atoms with E-state index >= 15 is 0 Å². The van der Waals surface area contributed by atoms with E-state index in [9.17, 15) is 14.9 Å². The predicted octanol–water partition coefficient (Wildman–Crippen LogP) is 1.93. The summed E-state index contributed by atoms with van der Waals surface area (Å²) in [5, 5.41) is 19.7. The lowest BCUT2D eigenvalue weighted by Gasteiger charge is -2.19. The van der Waals surface area contributed by atoms with Gasteiger partial charge in [-0.1, -0.05) is 25.1 Å². The van der Waals surface area contributed by atoms with Crippen molar-refractivity contribution in [1.82, 2.24) is 4.90 Å². The van der Waals surface area contributed by atoms with E-state index in [2.05, 4.69) is 0 Å². The fourth-order valence-electron chi connectivity index (χ4n) is 1.96. The van der Waals surface area contributed by atoms with Crippen LogP contribution in [0.3, 0.4) is 0 Å². The average molecular weight is 266 g/mol. The summed E-state index contributed by atoms with van der Waals surface area (Å²) in [5.41, 5.74) is 0.730. The van der Waals surface area contributed by atoms with Gasteiger partial charge < -0.3 is 5.11 Å². The third-order valence-electron chi connectivity index (χ3n) is 2.78. The number of carboxylic acid groups (broad SMARTS) is 1. The van der Waals surface area contributed by atoms with E-state index in [0.717, 1.165) is 6.42 Å². The lowest BCUT2D eigenvalue weighted by atomic mass is 10.1. The van der Waals surface area contributed by atoms with Gasteiger partial charge in [-0.05, 0) is 19.4 Å². The molecule has 6 nitrogen and oxygen atoms in total. The smallest absolute Gasteiger partial charge is 0.317 e. The van der Waals surface area contributed by atoms with Crippen LogP contribution in [0.5, 0.6) is 0 Å². The zero-order valence-electron chi connectivity index (χ0n) is 10.9. The molecule has 0 aromatic heterocycles. The topological polar surface area (TPSA) is 83.7 Å². The zero-order valence-corrected chi connectivity index (χ0v) is 10.9. The van der Waals surface area contributed by atoms with Crippen molar-refractivity contribution in [2.45, 2.75) is 19.8 Å². The zero-order chi connectivity index (χ0) is 14.3. The van der Waals surface area contributed by atoms with Crippen molar-refractivity contribution < 1.29 is 14.8 Å². The molecule has 0 bridgehead atoms. The molecule has 0 radical (unpaired) electrons. The number of benzene rings is 1. The van der Waals surface area contributed by atoms with Crippen LogP contribution >= 0.6 is 0 Å². The number of hydrogen-bond donors (Lipinski definition) is 1. The Hall–Kier alpha value is -1.95. The molecular weight excluding hydrogens is 248 g/mol. The molecule has 0 aliphatic carbocycles. The van der Waals surface area contributed by atoms with E-state index in [1.807, 2.05) is 6.92 Å². The molecule has 0 aliphatic rings. The Labute approximate surface area is 111 Å². The van der Waals surface area contributed by atoms with Crippen molar-refractivity contribution in [3.8, 4) is 0 Å². The highest BCUT2D eigenvalue weighted by atomic mass is 16.6. The van der Waals surface area contributed by atoms with Gasteiger partial charge >= 0.3 is 5.97 Å². The third-order valence-corrected chi connectivity index (χ3v) is 2.78. The summed E-state index contributed by atoms with van der Waals surface area (Å²) in [4.78, 5) is 23.0. The van der Waals surface area contributed by atoms with Crippen LogP contribution in [0.15, 0.2) is 24.3 Å². The summed E-state index contributed by atoms with van der Waals surface area (Å²) in [7, 11) is 0. The summed E-state index contributed by atoms with van der Waals surface area (Å²) < 4.78 is 0. The highest BCUT2D eigenvalue weighted by Crippen LogP contribution is 2.18. The van der Waals surface area contributed by atoms with Crippen molar-refractivity contribution >= 4 is 11.7 Å². The molecule has 0 amide bonds. The molecular formula is C13H18N2O4. The van der Waals surface area contributed by atoms with E-state index in [1.165, 1.54) is 6.07 Å². The Morgan fingerprint density at radius 2 is 2.05 bits per heavy atom. The molecule has 1 aromatic carbocycles. The van der Waals surface area contributed by atoms with E-state index in [-0.39, 0.29) is 12.2 Å². The molecule has 0 saturated carbocycles. The van der Waals surface area contributed by atoms with E-state index in [1.54, 1.807) is 23.1 Å². The molecule has 0 aliphatic heterocycles. The second-order valence-electron chi connectivity index (χ2n) is 4.31. The van der Waals surface area contributed by atoms with Gasteiger partial charge in [-0.2, -0.15) is 0 Å². The van der Waals surface area contributed by atoms with Crippen LogP contribution in [0.1, 0.15) is 18.9 Å². The number of hydrogen-bond acceptors (Lipinski definition) is 4. The molecule has 0 saturated heterocycles. The monoisotopic (exact) mass is 266 g/mol. The second kappa shape index (κ2) is 7.48. The van der Waals surface area contributed by atoms with Gasteiger partial charge in [0.2, 0.25) is 0 Å². The number of carbonyl (C=O) groups is 1. The minimum absolute atomic E-state index is 0.0333. The maximum atomic E-state index is 10.9. The van der Waals surface area contributed by atoms with Crippen LogP contribution in [0.2, 0.25) is 0 Å². The molecule has 6 heteroatoms. The summed E-state index contributed by atoms with van der Waals surface area (Å²) in [6, 6.07) is 6.56. The largest absolute Gasteiger partial charge is 0.480 e. The molecule has 19 heavy (non-hydrogen) atoms. The van der Waals surface area contributed by atoms with Crippen molar-refractivity contribution in [3.63, 3.8) is 0 Å². The number of rotatable bonds is 8. The highest BCUT2D eigenvalue weighted by Gasteiger charge is 2.14.